The number of halogens is 2. The standard InChI is InChI=1S/C16H10Cl2N4O3/c17-11-7-13-14(8-12(11)18)22(21-20-13)10-3-1-9(2-4-10)19-15(23)5-6-16(24)25/h1-8H,(H,19,23)(H,24,25)/b6-5+. The Balaban J connectivity index is 1.84. The number of benzene rings is 2. The van der Waals surface area contributed by atoms with E-state index in [9.17, 15) is 9.59 Å². The molecule has 0 aliphatic heterocycles. The quantitative estimate of drug-likeness (QED) is 0.680. The molecule has 7 nitrogen and oxygen atoms in total. The van der Waals surface area contributed by atoms with Gasteiger partial charge in [0.2, 0.25) is 5.91 Å². The number of fused-ring (bicyclic) bond motifs is 1. The molecule has 0 aliphatic rings. The highest BCUT2D eigenvalue weighted by Gasteiger charge is 2.10. The van der Waals surface area contributed by atoms with Crippen molar-refractivity contribution in [1.29, 1.82) is 0 Å². The third-order valence-electron chi connectivity index (χ3n) is 3.24. The number of carboxylic acids is 1. The van der Waals surface area contributed by atoms with Crippen LogP contribution in [-0.2, 0) is 9.59 Å². The lowest BCUT2D eigenvalue weighted by molar-refractivity contribution is -0.131. The molecule has 0 saturated carbocycles. The molecule has 0 spiro atoms. The molecule has 1 amide bonds. The van der Waals surface area contributed by atoms with Crippen LogP contribution in [0.3, 0.4) is 0 Å². The van der Waals surface area contributed by atoms with E-state index in [4.69, 9.17) is 28.3 Å². The molecule has 0 radical (unpaired) electrons. The molecular formula is C16H10Cl2N4O3. The van der Waals surface area contributed by atoms with Gasteiger partial charge >= 0.3 is 5.97 Å². The van der Waals surface area contributed by atoms with Crippen LogP contribution in [-0.4, -0.2) is 32.0 Å². The first-order valence-electron chi connectivity index (χ1n) is 6.97. The molecule has 3 rings (SSSR count). The van der Waals surface area contributed by atoms with Crippen molar-refractivity contribution >= 4 is 51.8 Å². The minimum Gasteiger partial charge on any atom is -0.478 e. The fraction of sp³-hybridized carbons (Fsp3) is 0. The number of anilines is 1. The van der Waals surface area contributed by atoms with Gasteiger partial charge in [-0.2, -0.15) is 0 Å². The maximum atomic E-state index is 11.6. The van der Waals surface area contributed by atoms with Gasteiger partial charge in [-0.05, 0) is 36.4 Å². The maximum absolute atomic E-state index is 11.6. The SMILES string of the molecule is O=C(O)/C=C/C(=O)Nc1ccc(-n2nnc3cc(Cl)c(Cl)cc32)cc1. The minimum absolute atomic E-state index is 0.395. The first-order valence-corrected chi connectivity index (χ1v) is 7.72. The van der Waals surface area contributed by atoms with Gasteiger partial charge in [-0.25, -0.2) is 9.48 Å². The summed E-state index contributed by atoms with van der Waals surface area (Å²) >= 11 is 12.0. The third kappa shape index (κ3) is 3.78. The fourth-order valence-electron chi connectivity index (χ4n) is 2.12. The fourth-order valence-corrected chi connectivity index (χ4v) is 2.44. The van der Waals surface area contributed by atoms with Crippen molar-refractivity contribution in [1.82, 2.24) is 15.0 Å². The molecular weight excluding hydrogens is 367 g/mol. The summed E-state index contributed by atoms with van der Waals surface area (Å²) in [6.45, 7) is 0. The van der Waals surface area contributed by atoms with Gasteiger partial charge in [0, 0.05) is 17.8 Å². The molecule has 0 atom stereocenters. The summed E-state index contributed by atoms with van der Waals surface area (Å²) in [5.41, 5.74) is 2.51. The molecule has 3 aromatic rings. The normalized spacial score (nSPS) is 11.1. The van der Waals surface area contributed by atoms with E-state index < -0.39 is 11.9 Å². The average Bonchev–Trinajstić information content (AvgIpc) is 2.97. The van der Waals surface area contributed by atoms with E-state index in [2.05, 4.69) is 15.6 Å². The number of hydrogen-bond acceptors (Lipinski definition) is 4. The van der Waals surface area contributed by atoms with Gasteiger partial charge in [0.15, 0.2) is 0 Å². The molecule has 1 heterocycles. The Hall–Kier alpha value is -2.90. The Morgan fingerprint density at radius 3 is 2.44 bits per heavy atom. The highest BCUT2D eigenvalue weighted by Crippen LogP contribution is 2.28. The number of hydrogen-bond donors (Lipinski definition) is 2. The third-order valence-corrected chi connectivity index (χ3v) is 3.97. The van der Waals surface area contributed by atoms with Gasteiger partial charge in [-0.15, -0.1) is 5.10 Å². The molecule has 126 valence electrons. The second kappa shape index (κ2) is 6.92. The van der Waals surface area contributed by atoms with Gasteiger partial charge in [0.1, 0.15) is 5.52 Å². The van der Waals surface area contributed by atoms with E-state index in [1.54, 1.807) is 41.1 Å². The van der Waals surface area contributed by atoms with Crippen LogP contribution in [0.15, 0.2) is 48.6 Å². The second-order valence-corrected chi connectivity index (χ2v) is 5.78. The van der Waals surface area contributed by atoms with E-state index >= 15 is 0 Å². The first kappa shape index (κ1) is 16.9. The van der Waals surface area contributed by atoms with Crippen molar-refractivity contribution in [2.24, 2.45) is 0 Å². The molecule has 25 heavy (non-hydrogen) atoms. The molecule has 9 heteroatoms. The summed E-state index contributed by atoms with van der Waals surface area (Å²) in [6.07, 6.45) is 1.70. The van der Waals surface area contributed by atoms with E-state index in [1.807, 2.05) is 0 Å². The number of nitrogens with one attached hydrogen (secondary N) is 1. The van der Waals surface area contributed by atoms with Crippen molar-refractivity contribution < 1.29 is 14.7 Å². The lowest BCUT2D eigenvalue weighted by Crippen LogP contribution is -2.08. The topological polar surface area (TPSA) is 97.1 Å². The maximum Gasteiger partial charge on any atom is 0.328 e. The first-order chi connectivity index (χ1) is 11.9. The van der Waals surface area contributed by atoms with Gasteiger partial charge in [0.05, 0.1) is 21.2 Å². The number of nitrogens with zero attached hydrogens (tertiary/aromatic N) is 3. The summed E-state index contributed by atoms with van der Waals surface area (Å²) in [5, 5.41) is 20.0. The zero-order valence-corrected chi connectivity index (χ0v) is 14.0. The Morgan fingerprint density at radius 1 is 1.08 bits per heavy atom. The number of aromatic nitrogens is 3. The number of amides is 1. The van der Waals surface area contributed by atoms with E-state index in [0.29, 0.717) is 32.5 Å². The summed E-state index contributed by atoms with van der Waals surface area (Å²) < 4.78 is 1.59. The molecule has 0 aliphatic carbocycles. The van der Waals surface area contributed by atoms with Crippen LogP contribution in [0.2, 0.25) is 10.0 Å². The van der Waals surface area contributed by atoms with Crippen molar-refractivity contribution in [3.63, 3.8) is 0 Å². The second-order valence-electron chi connectivity index (χ2n) is 4.96. The number of rotatable bonds is 4. The smallest absolute Gasteiger partial charge is 0.328 e. The molecule has 0 saturated heterocycles. The van der Waals surface area contributed by atoms with E-state index in [-0.39, 0.29) is 0 Å². The van der Waals surface area contributed by atoms with Crippen molar-refractivity contribution in [2.75, 3.05) is 5.32 Å². The number of carbonyl (C=O) groups excluding carboxylic acids is 1. The lowest BCUT2D eigenvalue weighted by atomic mass is 10.2. The van der Waals surface area contributed by atoms with Crippen LogP contribution >= 0.6 is 23.2 Å². The molecule has 0 unspecified atom stereocenters. The predicted octanol–water partition coefficient (Wildman–Crippen LogP) is 3.31. The van der Waals surface area contributed by atoms with Crippen LogP contribution in [0.1, 0.15) is 0 Å². The van der Waals surface area contributed by atoms with Crippen LogP contribution in [0, 0.1) is 0 Å². The summed E-state index contributed by atoms with van der Waals surface area (Å²) in [6, 6.07) is 10.1. The summed E-state index contributed by atoms with van der Waals surface area (Å²) in [7, 11) is 0. The van der Waals surface area contributed by atoms with Crippen LogP contribution in [0.25, 0.3) is 16.7 Å². The van der Waals surface area contributed by atoms with Gasteiger partial charge in [-0.3, -0.25) is 4.79 Å². The average molecular weight is 377 g/mol. The van der Waals surface area contributed by atoms with Gasteiger partial charge < -0.3 is 10.4 Å². The van der Waals surface area contributed by atoms with E-state index in [1.165, 1.54) is 0 Å². The van der Waals surface area contributed by atoms with Crippen molar-refractivity contribution in [3.05, 3.63) is 58.6 Å². The van der Waals surface area contributed by atoms with Gasteiger partial charge in [-0.1, -0.05) is 28.4 Å². The minimum atomic E-state index is -1.19. The summed E-state index contributed by atoms with van der Waals surface area (Å²) in [4.78, 5) is 21.9. The number of carboxylic acid groups (broad SMARTS) is 1. The molecule has 0 fully saturated rings. The zero-order valence-electron chi connectivity index (χ0n) is 12.5. The Labute approximate surface area is 151 Å². The molecule has 2 N–H and O–H groups in total. The summed E-state index contributed by atoms with van der Waals surface area (Å²) in [5.74, 6) is -1.73. The van der Waals surface area contributed by atoms with Crippen LogP contribution in [0.5, 0.6) is 0 Å². The lowest BCUT2D eigenvalue weighted by Gasteiger charge is -2.06. The monoisotopic (exact) mass is 376 g/mol. The number of aliphatic carboxylic acids is 1. The zero-order chi connectivity index (χ0) is 18.0. The van der Waals surface area contributed by atoms with Crippen molar-refractivity contribution in [3.8, 4) is 5.69 Å². The Bertz CT molecular complexity index is 997. The largest absolute Gasteiger partial charge is 0.478 e. The van der Waals surface area contributed by atoms with E-state index in [0.717, 1.165) is 12.2 Å². The Morgan fingerprint density at radius 2 is 1.76 bits per heavy atom. The molecule has 1 aromatic heterocycles. The van der Waals surface area contributed by atoms with Gasteiger partial charge in [0.25, 0.3) is 0 Å². The highest BCUT2D eigenvalue weighted by atomic mass is 35.5. The van der Waals surface area contributed by atoms with Crippen LogP contribution < -0.4 is 5.32 Å². The Kier molecular flexibility index (Phi) is 4.69. The molecule has 0 bridgehead atoms. The number of carbonyl (C=O) groups is 2. The van der Waals surface area contributed by atoms with Crippen LogP contribution in [0.4, 0.5) is 5.69 Å². The van der Waals surface area contributed by atoms with Crippen molar-refractivity contribution in [2.45, 2.75) is 0 Å². The molecule has 2 aromatic carbocycles. The predicted molar refractivity (Wildman–Crippen MR) is 94.3 cm³/mol. The highest BCUT2D eigenvalue weighted by molar-refractivity contribution is 6.42.